The molecule has 10 heteroatoms. The third-order valence-electron chi connectivity index (χ3n) is 5.38. The molecule has 1 aliphatic rings. The first-order chi connectivity index (χ1) is 16.3. The molecule has 1 aliphatic carbocycles. The number of aryl methyl sites for hydroxylation is 1. The number of amides is 1. The smallest absolute Gasteiger partial charge is 0.291 e. The predicted molar refractivity (Wildman–Crippen MR) is 125 cm³/mol. The van der Waals surface area contributed by atoms with Crippen molar-refractivity contribution in [2.24, 2.45) is 5.10 Å². The summed E-state index contributed by atoms with van der Waals surface area (Å²) in [6.45, 7) is 4.18. The number of ether oxygens (including phenoxy) is 1. The van der Waals surface area contributed by atoms with Gasteiger partial charge in [0.15, 0.2) is 5.76 Å². The van der Waals surface area contributed by atoms with Gasteiger partial charge in [0.1, 0.15) is 17.3 Å². The van der Waals surface area contributed by atoms with Crippen molar-refractivity contribution in [3.8, 4) is 5.75 Å². The monoisotopic (exact) mass is 485 g/mol. The van der Waals surface area contributed by atoms with Crippen LogP contribution in [0.25, 0.3) is 0 Å². The maximum atomic E-state index is 13.1. The zero-order valence-electron chi connectivity index (χ0n) is 18.7. The highest BCUT2D eigenvalue weighted by Crippen LogP contribution is 2.30. The fourth-order valence-corrected chi connectivity index (χ4v) is 4.60. The summed E-state index contributed by atoms with van der Waals surface area (Å²) in [6.07, 6.45) is 1.81. The van der Waals surface area contributed by atoms with Crippen LogP contribution in [-0.4, -0.2) is 26.6 Å². The molecular formula is C24H24FN3O5S. The Balaban J connectivity index is 1.55. The molecule has 2 aromatic carbocycles. The molecule has 1 amide bonds. The number of sulfonamides is 1. The third-order valence-corrected chi connectivity index (χ3v) is 6.60. The number of fused-ring (bicyclic) bond motifs is 1. The third kappa shape index (κ3) is 4.96. The van der Waals surface area contributed by atoms with Crippen molar-refractivity contribution >= 4 is 27.3 Å². The largest absolute Gasteiger partial charge is 0.494 e. The van der Waals surface area contributed by atoms with Crippen LogP contribution in [0.3, 0.4) is 0 Å². The van der Waals surface area contributed by atoms with Crippen LogP contribution in [-0.2, 0) is 16.4 Å². The van der Waals surface area contributed by atoms with E-state index in [0.29, 0.717) is 59.9 Å². The lowest BCUT2D eigenvalue weighted by atomic mass is 9.93. The second-order valence-electron chi connectivity index (χ2n) is 7.73. The van der Waals surface area contributed by atoms with Crippen LogP contribution >= 0.6 is 0 Å². The number of nitrogens with one attached hydrogen (secondary N) is 2. The molecular weight excluding hydrogens is 461 g/mol. The van der Waals surface area contributed by atoms with Crippen molar-refractivity contribution in [1.29, 1.82) is 0 Å². The molecule has 178 valence electrons. The molecule has 8 nitrogen and oxygen atoms in total. The number of furan rings is 1. The molecule has 2 N–H and O–H groups in total. The molecule has 1 heterocycles. The van der Waals surface area contributed by atoms with Crippen molar-refractivity contribution in [3.63, 3.8) is 0 Å². The molecule has 0 radical (unpaired) electrons. The minimum absolute atomic E-state index is 0.103. The number of hydrogen-bond donors (Lipinski definition) is 2. The number of carbonyl (C=O) groups is 1. The standard InChI is InChI=1S/C24H24FN3O5S/c1-3-32-18-11-9-17(10-12-18)26-24(29)23-15(2)22-20(5-4-6-21(22)33-23)27-28-34(30,31)19-13-7-16(25)8-14-19/h7-14,28H,3-6H2,1-2H3,(H,26,29)/b27-20+. The normalized spacial score (nSPS) is 14.5. The van der Waals surface area contributed by atoms with Gasteiger partial charge >= 0.3 is 0 Å². The Morgan fingerprint density at radius 1 is 1.12 bits per heavy atom. The van der Waals surface area contributed by atoms with E-state index in [1.807, 2.05) is 6.92 Å². The number of anilines is 1. The van der Waals surface area contributed by atoms with Crippen molar-refractivity contribution in [2.75, 3.05) is 11.9 Å². The van der Waals surface area contributed by atoms with E-state index < -0.39 is 21.7 Å². The number of nitrogens with zero attached hydrogens (tertiary/aromatic N) is 1. The second kappa shape index (κ2) is 9.68. The molecule has 0 spiro atoms. The van der Waals surface area contributed by atoms with Crippen LogP contribution in [0.5, 0.6) is 5.75 Å². The highest BCUT2D eigenvalue weighted by molar-refractivity contribution is 7.89. The maximum Gasteiger partial charge on any atom is 0.291 e. The minimum Gasteiger partial charge on any atom is -0.494 e. The zero-order chi connectivity index (χ0) is 24.3. The summed E-state index contributed by atoms with van der Waals surface area (Å²) in [5.41, 5.74) is 2.28. The highest BCUT2D eigenvalue weighted by atomic mass is 32.2. The first-order valence-electron chi connectivity index (χ1n) is 10.8. The number of rotatable bonds is 7. The van der Waals surface area contributed by atoms with E-state index in [9.17, 15) is 17.6 Å². The van der Waals surface area contributed by atoms with Gasteiger partial charge in [-0.15, -0.1) is 0 Å². The van der Waals surface area contributed by atoms with Gasteiger partial charge in [-0.05, 0) is 75.2 Å². The fourth-order valence-electron chi connectivity index (χ4n) is 3.77. The average molecular weight is 486 g/mol. The SMILES string of the molecule is CCOc1ccc(NC(=O)c2oc3c(c2C)/C(=N/NS(=O)(=O)c2ccc(F)cc2)CCC3)cc1. The predicted octanol–water partition coefficient (Wildman–Crippen LogP) is 4.40. The molecule has 34 heavy (non-hydrogen) atoms. The number of benzene rings is 2. The Hall–Kier alpha value is -3.66. The van der Waals surface area contributed by atoms with E-state index in [1.165, 1.54) is 0 Å². The van der Waals surface area contributed by atoms with Gasteiger partial charge in [-0.3, -0.25) is 4.79 Å². The van der Waals surface area contributed by atoms with Crippen LogP contribution in [0.2, 0.25) is 0 Å². The van der Waals surface area contributed by atoms with Crippen molar-refractivity contribution in [2.45, 2.75) is 38.0 Å². The summed E-state index contributed by atoms with van der Waals surface area (Å²) in [5, 5.41) is 6.92. The van der Waals surface area contributed by atoms with E-state index >= 15 is 0 Å². The molecule has 3 aromatic rings. The quantitative estimate of drug-likeness (QED) is 0.482. The van der Waals surface area contributed by atoms with Crippen LogP contribution < -0.4 is 14.9 Å². The first-order valence-corrected chi connectivity index (χ1v) is 12.3. The van der Waals surface area contributed by atoms with Crippen molar-refractivity contribution < 1.29 is 26.8 Å². The molecule has 0 atom stereocenters. The van der Waals surface area contributed by atoms with Crippen LogP contribution in [0.15, 0.2) is 62.9 Å². The summed E-state index contributed by atoms with van der Waals surface area (Å²) < 4.78 is 49.4. The summed E-state index contributed by atoms with van der Waals surface area (Å²) >= 11 is 0. The molecule has 0 unspecified atom stereocenters. The van der Waals surface area contributed by atoms with Gasteiger partial charge < -0.3 is 14.5 Å². The highest BCUT2D eigenvalue weighted by Gasteiger charge is 2.28. The molecule has 0 bridgehead atoms. The minimum atomic E-state index is -3.97. The van der Waals surface area contributed by atoms with Gasteiger partial charge in [0.25, 0.3) is 15.9 Å². The Labute approximate surface area is 196 Å². The van der Waals surface area contributed by atoms with E-state index in [1.54, 1.807) is 31.2 Å². The van der Waals surface area contributed by atoms with Gasteiger partial charge in [-0.1, -0.05) is 0 Å². The maximum absolute atomic E-state index is 13.1. The van der Waals surface area contributed by atoms with Crippen LogP contribution in [0.1, 0.15) is 47.2 Å². The molecule has 0 saturated carbocycles. The van der Waals surface area contributed by atoms with Gasteiger partial charge in [0.2, 0.25) is 0 Å². The summed E-state index contributed by atoms with van der Waals surface area (Å²) in [5.74, 6) is 0.485. The Morgan fingerprint density at radius 3 is 2.50 bits per heavy atom. The number of carbonyl (C=O) groups excluding carboxylic acids is 1. The molecule has 1 aromatic heterocycles. The summed E-state index contributed by atoms with van der Waals surface area (Å²) in [6, 6.07) is 11.4. The van der Waals surface area contributed by atoms with Gasteiger partial charge in [-0.2, -0.15) is 18.4 Å². The lowest BCUT2D eigenvalue weighted by Crippen LogP contribution is -2.22. The number of halogens is 1. The summed E-state index contributed by atoms with van der Waals surface area (Å²) in [4.78, 5) is 15.0. The average Bonchev–Trinajstić information content (AvgIpc) is 3.17. The Bertz CT molecular complexity index is 1330. The molecule has 0 aliphatic heterocycles. The summed E-state index contributed by atoms with van der Waals surface area (Å²) in [7, 11) is -3.97. The van der Waals surface area contributed by atoms with Crippen molar-refractivity contribution in [1.82, 2.24) is 4.83 Å². The fraction of sp³-hybridized carbons (Fsp3) is 0.250. The molecule has 4 rings (SSSR count). The van der Waals surface area contributed by atoms with Crippen LogP contribution in [0, 0.1) is 12.7 Å². The van der Waals surface area contributed by atoms with Gasteiger partial charge in [-0.25, -0.2) is 4.39 Å². The van der Waals surface area contributed by atoms with Crippen LogP contribution in [0.4, 0.5) is 10.1 Å². The van der Waals surface area contributed by atoms with Gasteiger partial charge in [0, 0.05) is 23.2 Å². The van der Waals surface area contributed by atoms with Crippen molar-refractivity contribution in [3.05, 3.63) is 77.0 Å². The second-order valence-corrected chi connectivity index (χ2v) is 9.39. The first kappa shape index (κ1) is 23.5. The zero-order valence-corrected chi connectivity index (χ0v) is 19.5. The molecule has 0 fully saturated rings. The lowest BCUT2D eigenvalue weighted by molar-refractivity contribution is 0.0994. The Morgan fingerprint density at radius 2 is 1.82 bits per heavy atom. The Kier molecular flexibility index (Phi) is 6.69. The van der Waals surface area contributed by atoms with E-state index in [-0.39, 0.29) is 10.7 Å². The van der Waals surface area contributed by atoms with E-state index in [0.717, 1.165) is 24.3 Å². The van der Waals surface area contributed by atoms with E-state index in [2.05, 4.69) is 15.2 Å². The van der Waals surface area contributed by atoms with E-state index in [4.69, 9.17) is 9.15 Å². The molecule has 0 saturated heterocycles. The number of hydrogen-bond acceptors (Lipinski definition) is 6. The van der Waals surface area contributed by atoms with Gasteiger partial charge in [0.05, 0.1) is 17.2 Å². The number of hydrazone groups is 1. The topological polar surface area (TPSA) is 110 Å². The lowest BCUT2D eigenvalue weighted by Gasteiger charge is -2.14.